The van der Waals surface area contributed by atoms with Gasteiger partial charge in [0.1, 0.15) is 0 Å². The van der Waals surface area contributed by atoms with Gasteiger partial charge in [-0.15, -0.1) is 25.1 Å². The van der Waals surface area contributed by atoms with Crippen LogP contribution < -0.4 is 0 Å². The molecule has 2 aromatic rings. The fourth-order valence-corrected chi connectivity index (χ4v) is 11.0. The summed E-state index contributed by atoms with van der Waals surface area (Å²) in [5, 5.41) is 0. The average Bonchev–Trinajstić information content (AvgIpc) is 3.00. The Hall–Kier alpha value is 0.259. The molecule has 1 heterocycles. The summed E-state index contributed by atoms with van der Waals surface area (Å²) in [5.41, 5.74) is 4.81. The van der Waals surface area contributed by atoms with Gasteiger partial charge in [-0.3, -0.25) is 0 Å². The Balaban J connectivity index is 0.000000370. The maximum atomic E-state index is 9.87. The minimum Gasteiger partial charge on any atom is -0.117 e. The van der Waals surface area contributed by atoms with Gasteiger partial charge in [-0.05, 0) is 89.4 Å². The van der Waals surface area contributed by atoms with Crippen LogP contribution in [0.1, 0.15) is 51.3 Å². The second kappa shape index (κ2) is 15.8. The molecular formula is C29H40F6FeP4+. The fourth-order valence-electron chi connectivity index (χ4n) is 4.34. The first kappa shape index (κ1) is 38.3. The minimum atomic E-state index is -10.7. The first-order chi connectivity index (χ1) is 17.9. The summed E-state index contributed by atoms with van der Waals surface area (Å²) in [6.45, 7) is 11.0. The quantitative estimate of drug-likeness (QED) is 0.168. The topological polar surface area (TPSA) is 0 Å². The number of benzene rings is 2. The molecule has 0 nitrogen and oxygen atoms in total. The van der Waals surface area contributed by atoms with Gasteiger partial charge in [0.25, 0.3) is 0 Å². The maximum Gasteiger partial charge on any atom is 2.00 e. The monoisotopic (exact) mass is 682 g/mol. The molecule has 40 heavy (non-hydrogen) atoms. The van der Waals surface area contributed by atoms with Gasteiger partial charge in [0, 0.05) is 0 Å². The van der Waals surface area contributed by atoms with Crippen molar-refractivity contribution in [3.05, 3.63) is 101 Å². The summed E-state index contributed by atoms with van der Waals surface area (Å²) >= 11 is 0. The molecule has 0 saturated heterocycles. The van der Waals surface area contributed by atoms with Crippen LogP contribution >= 0.6 is 32.9 Å². The molecule has 0 spiro atoms. The standard InChI is InChI=1S/C19H25P3.C10H15.F6P.Fe/c1-2-6-17(7-3-1)16-22-12-10-20-14-18-8-4-5-9-19(18)15-21-11-13-22;1-6-7(2)9(4)10(5)8(6)3;1-7(2,3,4,5)6;/h1-9,20-21H,10-16H2;1-5H3;;/q;;-1;+2. The van der Waals surface area contributed by atoms with Crippen molar-refractivity contribution in [2.45, 2.75) is 53.1 Å². The summed E-state index contributed by atoms with van der Waals surface area (Å²) in [6.07, 6.45) is 9.82. The van der Waals surface area contributed by atoms with Crippen LogP contribution in [0.15, 0.2) is 54.6 Å². The number of halogens is 6. The molecule has 0 bridgehead atoms. The molecule has 0 aromatic heterocycles. The zero-order valence-corrected chi connectivity index (χ0v) is 28.6. The normalized spacial score (nSPS) is 23.3. The minimum absolute atomic E-state index is 0. The van der Waals surface area contributed by atoms with E-state index in [1.165, 1.54) is 72.7 Å². The van der Waals surface area contributed by atoms with Crippen LogP contribution in [0.25, 0.3) is 0 Å². The van der Waals surface area contributed by atoms with E-state index in [1.54, 1.807) is 16.7 Å². The Morgan fingerprint density at radius 2 is 0.925 bits per heavy atom. The van der Waals surface area contributed by atoms with Crippen LogP contribution in [0.5, 0.6) is 0 Å². The van der Waals surface area contributed by atoms with Gasteiger partial charge < -0.3 is 0 Å². The van der Waals surface area contributed by atoms with Crippen molar-refractivity contribution in [3.8, 4) is 0 Å². The molecule has 1 aliphatic carbocycles. The predicted molar refractivity (Wildman–Crippen MR) is 165 cm³/mol. The van der Waals surface area contributed by atoms with Gasteiger partial charge >= 0.3 is 50.1 Å². The predicted octanol–water partition coefficient (Wildman–Crippen LogP) is 12.1. The van der Waals surface area contributed by atoms with Gasteiger partial charge in [0.05, 0.1) is 0 Å². The van der Waals surface area contributed by atoms with Crippen LogP contribution in [0.2, 0.25) is 0 Å². The van der Waals surface area contributed by atoms with E-state index in [-0.39, 0.29) is 25.0 Å². The van der Waals surface area contributed by atoms with E-state index in [9.17, 15) is 25.2 Å². The summed E-state index contributed by atoms with van der Waals surface area (Å²) in [5.74, 6) is 7.34. The van der Waals surface area contributed by atoms with Crippen molar-refractivity contribution in [3.63, 3.8) is 0 Å². The summed E-state index contributed by atoms with van der Waals surface area (Å²) < 4.78 is 59.2. The van der Waals surface area contributed by atoms with Crippen LogP contribution in [-0.4, -0.2) is 24.6 Å². The number of hydrogen-bond acceptors (Lipinski definition) is 0. The molecular weight excluding hydrogens is 642 g/mol. The third-order valence-corrected chi connectivity index (χ3v) is 12.9. The second-order valence-electron chi connectivity index (χ2n) is 9.97. The first-order valence-corrected chi connectivity index (χ1v) is 19.7. The number of rotatable bonds is 2. The molecule has 1 aliphatic heterocycles. The van der Waals surface area contributed by atoms with Gasteiger partial charge in [0.2, 0.25) is 0 Å². The molecule has 2 unspecified atom stereocenters. The molecule has 2 aromatic carbocycles. The SMILES string of the molecule is C[C]1[C](C)[C](C)[C](C)[C]1C.F[P-](F)(F)(F)(F)F.[Fe+2].c1ccc(CP2CCPCc3ccccc3CPCC2)cc1. The first-order valence-electron chi connectivity index (χ1n) is 12.9. The van der Waals surface area contributed by atoms with E-state index in [1.807, 2.05) is 0 Å². The Bertz CT molecular complexity index is 920. The third kappa shape index (κ3) is 16.2. The van der Waals surface area contributed by atoms with E-state index >= 15 is 0 Å². The van der Waals surface area contributed by atoms with Gasteiger partial charge in [-0.25, -0.2) is 0 Å². The van der Waals surface area contributed by atoms with Crippen molar-refractivity contribution in [2.75, 3.05) is 24.6 Å². The van der Waals surface area contributed by atoms with Crippen LogP contribution in [0.3, 0.4) is 0 Å². The second-order valence-corrected chi connectivity index (χ2v) is 17.1. The molecule has 0 amide bonds. The van der Waals surface area contributed by atoms with Crippen molar-refractivity contribution >= 4 is 32.9 Å². The molecule has 4 rings (SSSR count). The van der Waals surface area contributed by atoms with Crippen molar-refractivity contribution in [1.82, 2.24) is 0 Å². The van der Waals surface area contributed by atoms with Crippen molar-refractivity contribution in [1.29, 1.82) is 0 Å². The van der Waals surface area contributed by atoms with Crippen LogP contribution in [-0.2, 0) is 35.6 Å². The number of fused-ring (bicyclic) bond motifs is 1. The Labute approximate surface area is 253 Å². The fraction of sp³-hybridized carbons (Fsp3) is 0.414. The Kier molecular flexibility index (Phi) is 15.1. The van der Waals surface area contributed by atoms with Gasteiger partial charge in [-0.1, -0.05) is 89.2 Å². The van der Waals surface area contributed by atoms with Crippen LogP contribution in [0, 0.1) is 29.6 Å². The average molecular weight is 682 g/mol. The molecule has 2 aliphatic rings. The Morgan fingerprint density at radius 3 is 1.27 bits per heavy atom. The zero-order valence-electron chi connectivity index (χ0n) is 23.7. The molecule has 11 heteroatoms. The smallest absolute Gasteiger partial charge is 0.117 e. The van der Waals surface area contributed by atoms with Crippen molar-refractivity contribution in [2.24, 2.45) is 0 Å². The van der Waals surface area contributed by atoms with Gasteiger partial charge in [-0.2, -0.15) is 0 Å². The van der Waals surface area contributed by atoms with E-state index in [0.29, 0.717) is 0 Å². The summed E-state index contributed by atoms with van der Waals surface area (Å²) in [7, 11) is -8.23. The molecule has 1 saturated carbocycles. The summed E-state index contributed by atoms with van der Waals surface area (Å²) in [6, 6.07) is 20.3. The van der Waals surface area contributed by atoms with E-state index in [2.05, 4.69) is 89.2 Å². The molecule has 1 fully saturated rings. The maximum absolute atomic E-state index is 10.7. The molecule has 5 radical (unpaired) electrons. The summed E-state index contributed by atoms with van der Waals surface area (Å²) in [4.78, 5) is 0. The van der Waals surface area contributed by atoms with E-state index in [4.69, 9.17) is 0 Å². The largest absolute Gasteiger partial charge is 2.00 e. The van der Waals surface area contributed by atoms with E-state index in [0.717, 1.165) is 17.2 Å². The van der Waals surface area contributed by atoms with Crippen LogP contribution in [0.4, 0.5) is 25.2 Å². The number of hydrogen-bond donors (Lipinski definition) is 0. The molecule has 2 atom stereocenters. The van der Waals surface area contributed by atoms with Gasteiger partial charge in [0.15, 0.2) is 0 Å². The third-order valence-electron chi connectivity index (χ3n) is 7.02. The zero-order chi connectivity index (χ0) is 29.3. The Morgan fingerprint density at radius 1 is 0.600 bits per heavy atom. The van der Waals surface area contributed by atoms with E-state index < -0.39 is 7.81 Å². The molecule has 0 N–H and O–H groups in total. The van der Waals surface area contributed by atoms with Crippen molar-refractivity contribution < 1.29 is 42.3 Å². The molecule has 225 valence electrons.